The fourth-order valence-electron chi connectivity index (χ4n) is 2.58. The maximum absolute atomic E-state index is 12.3. The van der Waals surface area contributed by atoms with Gasteiger partial charge in [0, 0.05) is 18.8 Å². The summed E-state index contributed by atoms with van der Waals surface area (Å²) in [7, 11) is 0. The Hall–Kier alpha value is -2.56. The molecule has 5 atom stereocenters. The third-order valence-corrected chi connectivity index (χ3v) is 3.40. The number of carbonyl (C=O) groups excluding carboxylic acids is 3. The highest BCUT2D eigenvalue weighted by Crippen LogP contribution is 2.24. The van der Waals surface area contributed by atoms with E-state index in [0.717, 1.165) is 0 Å². The number of ether oxygens (including phenoxy) is 4. The van der Waals surface area contributed by atoms with E-state index in [2.05, 4.69) is 21.1 Å². The minimum absolute atomic E-state index is 0.181. The van der Waals surface area contributed by atoms with Crippen LogP contribution in [0.1, 0.15) is 34.6 Å². The third-order valence-electron chi connectivity index (χ3n) is 3.40. The summed E-state index contributed by atoms with van der Waals surface area (Å²) in [5.41, 5.74) is 11.6. The molecule has 0 aromatic carbocycles. The van der Waals surface area contributed by atoms with E-state index in [0.29, 0.717) is 0 Å². The monoisotopic (exact) mass is 388 g/mol. The van der Waals surface area contributed by atoms with Crippen molar-refractivity contribution >= 4 is 18.0 Å². The van der Waals surface area contributed by atoms with Crippen LogP contribution >= 0.6 is 0 Å². The van der Waals surface area contributed by atoms with E-state index in [9.17, 15) is 14.4 Å². The molecule has 0 aliphatic carbocycles. The van der Waals surface area contributed by atoms with Gasteiger partial charge < -0.3 is 30.0 Å². The van der Waals surface area contributed by atoms with Gasteiger partial charge in [-0.15, -0.1) is 0 Å². The lowest BCUT2D eigenvalue weighted by molar-refractivity contribution is -0.526. The second-order valence-electron chi connectivity index (χ2n) is 6.95. The molecule has 0 radical (unpaired) electrons. The van der Waals surface area contributed by atoms with E-state index >= 15 is 0 Å². The van der Waals surface area contributed by atoms with Crippen molar-refractivity contribution in [3.63, 3.8) is 0 Å². The molecule has 152 valence electrons. The van der Waals surface area contributed by atoms with Crippen molar-refractivity contribution in [1.82, 2.24) is 5.32 Å². The zero-order valence-electron chi connectivity index (χ0n) is 16.0. The van der Waals surface area contributed by atoms with Gasteiger partial charge in [0.1, 0.15) is 17.7 Å². The molecular formula is C15H26N5O7+. The van der Waals surface area contributed by atoms with Gasteiger partial charge in [0.05, 0.1) is 6.54 Å². The molecule has 0 aromatic heterocycles. The Balaban J connectivity index is 3.20. The minimum atomic E-state index is -1.09. The summed E-state index contributed by atoms with van der Waals surface area (Å²) < 4.78 is 21.3. The quantitative estimate of drug-likeness (QED) is 0.219. The highest BCUT2D eigenvalue weighted by molar-refractivity contribution is 5.70. The summed E-state index contributed by atoms with van der Waals surface area (Å²) in [5.74, 6) is -1.29. The van der Waals surface area contributed by atoms with Gasteiger partial charge in [-0.2, -0.15) is 0 Å². The number of rotatable bonds is 5. The maximum Gasteiger partial charge on any atom is 0.408 e. The van der Waals surface area contributed by atoms with Gasteiger partial charge in [-0.05, 0) is 26.3 Å². The molecule has 1 rings (SSSR count). The van der Waals surface area contributed by atoms with Crippen LogP contribution in [0.5, 0.6) is 0 Å². The van der Waals surface area contributed by atoms with E-state index in [1.165, 1.54) is 13.8 Å². The van der Waals surface area contributed by atoms with E-state index in [1.54, 1.807) is 20.8 Å². The molecule has 0 spiro atoms. The number of carbonyl (C=O) groups is 3. The Bertz CT molecular complexity index is 614. The van der Waals surface area contributed by atoms with Crippen LogP contribution in [0.2, 0.25) is 0 Å². The van der Waals surface area contributed by atoms with Gasteiger partial charge in [0.2, 0.25) is 12.3 Å². The van der Waals surface area contributed by atoms with Crippen molar-refractivity contribution < 1.29 is 39.1 Å². The first-order chi connectivity index (χ1) is 12.4. The topological polar surface area (TPSA) is 177 Å². The van der Waals surface area contributed by atoms with Crippen LogP contribution in [0.4, 0.5) is 4.79 Å². The van der Waals surface area contributed by atoms with Gasteiger partial charge in [-0.1, -0.05) is 5.11 Å². The van der Waals surface area contributed by atoms with Gasteiger partial charge in [-0.25, -0.2) is 4.79 Å². The third kappa shape index (κ3) is 7.29. The van der Waals surface area contributed by atoms with Crippen molar-refractivity contribution in [3.05, 3.63) is 10.4 Å². The highest BCUT2D eigenvalue weighted by atomic mass is 16.6. The summed E-state index contributed by atoms with van der Waals surface area (Å²) in [6.07, 6.45) is -4.78. The van der Waals surface area contributed by atoms with E-state index in [4.69, 9.17) is 24.5 Å². The largest absolute Gasteiger partial charge is 0.457 e. The van der Waals surface area contributed by atoms with Crippen LogP contribution in [-0.2, 0) is 28.5 Å². The second-order valence-corrected chi connectivity index (χ2v) is 6.95. The average molecular weight is 388 g/mol. The van der Waals surface area contributed by atoms with Gasteiger partial charge >= 0.3 is 18.0 Å². The first-order valence-electron chi connectivity index (χ1n) is 8.28. The smallest absolute Gasteiger partial charge is 0.408 e. The van der Waals surface area contributed by atoms with Gasteiger partial charge in [-0.3, -0.25) is 9.59 Å². The lowest BCUT2D eigenvalue weighted by atomic mass is 9.94. The number of amides is 1. The number of nitrogens with one attached hydrogen (secondary N) is 1. The first kappa shape index (κ1) is 22.5. The molecule has 4 N–H and O–H groups in total. The molecule has 1 saturated heterocycles. The molecule has 1 amide bonds. The molecule has 1 heterocycles. The number of esters is 2. The molecule has 0 aromatic rings. The predicted molar refractivity (Wildman–Crippen MR) is 89.8 cm³/mol. The summed E-state index contributed by atoms with van der Waals surface area (Å²) in [6, 6.07) is -1.03. The molecule has 3 unspecified atom stereocenters. The maximum atomic E-state index is 12.3. The molecule has 1 fully saturated rings. The van der Waals surface area contributed by atoms with Crippen LogP contribution in [0.15, 0.2) is 5.11 Å². The molecule has 1 aliphatic rings. The Morgan fingerprint density at radius 3 is 2.22 bits per heavy atom. The predicted octanol–water partition coefficient (Wildman–Crippen LogP) is 0.0202. The first-order valence-corrected chi connectivity index (χ1v) is 8.28. The van der Waals surface area contributed by atoms with E-state index in [-0.39, 0.29) is 6.54 Å². The number of hydrogen-bond acceptors (Lipinski definition) is 8. The number of azide groups is 1. The summed E-state index contributed by atoms with van der Waals surface area (Å²) in [5, 5.41) is 5.98. The van der Waals surface area contributed by atoms with Gasteiger partial charge in [0.15, 0.2) is 6.10 Å². The van der Waals surface area contributed by atoms with Crippen LogP contribution in [-0.4, -0.2) is 60.8 Å². The SMILES string of the molecule is CC(=O)OC1C(NC(=O)OC(C)(C)C)[C@H](OC(C)=O)C(CN=[N+]=[N-])O[C@H]1[NH3+]. The second kappa shape index (κ2) is 9.40. The van der Waals surface area contributed by atoms with Crippen molar-refractivity contribution in [1.29, 1.82) is 0 Å². The van der Waals surface area contributed by atoms with Crippen LogP contribution in [0.25, 0.3) is 10.4 Å². The lowest BCUT2D eigenvalue weighted by Gasteiger charge is -2.42. The van der Waals surface area contributed by atoms with Crippen molar-refractivity contribution in [2.45, 2.75) is 70.8 Å². The minimum Gasteiger partial charge on any atom is -0.457 e. The normalized spacial score (nSPS) is 27.7. The molecule has 0 saturated carbocycles. The average Bonchev–Trinajstić information content (AvgIpc) is 2.49. The summed E-state index contributed by atoms with van der Waals surface area (Å²) >= 11 is 0. The van der Waals surface area contributed by atoms with Crippen molar-refractivity contribution in [2.75, 3.05) is 6.54 Å². The Kier molecular flexibility index (Phi) is 7.82. The summed E-state index contributed by atoms with van der Waals surface area (Å²) in [6.45, 7) is 7.21. The molecule has 27 heavy (non-hydrogen) atoms. The Labute approximate surface area is 156 Å². The molecule has 12 nitrogen and oxygen atoms in total. The molecule has 0 bridgehead atoms. The van der Waals surface area contributed by atoms with Crippen molar-refractivity contribution in [3.8, 4) is 0 Å². The van der Waals surface area contributed by atoms with Gasteiger partial charge in [0.25, 0.3) is 0 Å². The number of quaternary nitrogens is 1. The van der Waals surface area contributed by atoms with Crippen LogP contribution < -0.4 is 11.1 Å². The zero-order valence-corrected chi connectivity index (χ0v) is 16.0. The number of hydrogen-bond donors (Lipinski definition) is 2. The Morgan fingerprint density at radius 1 is 1.19 bits per heavy atom. The molecule has 12 heteroatoms. The number of alkyl carbamates (subject to hydrolysis) is 1. The molecule has 1 aliphatic heterocycles. The fourth-order valence-corrected chi connectivity index (χ4v) is 2.58. The summed E-state index contributed by atoms with van der Waals surface area (Å²) in [4.78, 5) is 37.9. The van der Waals surface area contributed by atoms with E-state index < -0.39 is 54.2 Å². The Morgan fingerprint density at radius 2 is 1.74 bits per heavy atom. The standard InChI is InChI=1S/C15H25N5O7/c1-7(21)24-11-9(6-18-20-17)26-13(16)12(25-8(2)22)10(11)19-14(23)27-15(3,4)5/h9-13H,6,16H2,1-5H3,(H,19,23)/p+1/t9?,10?,11-,12?,13-/m1/s1. The fraction of sp³-hybridized carbons (Fsp3) is 0.800. The van der Waals surface area contributed by atoms with Crippen molar-refractivity contribution in [2.24, 2.45) is 5.11 Å². The van der Waals surface area contributed by atoms with Crippen LogP contribution in [0.3, 0.4) is 0 Å². The zero-order chi connectivity index (χ0) is 20.8. The highest BCUT2D eigenvalue weighted by Gasteiger charge is 2.51. The lowest BCUT2D eigenvalue weighted by Crippen LogP contribution is -2.78. The van der Waals surface area contributed by atoms with Crippen LogP contribution in [0, 0.1) is 0 Å². The molecular weight excluding hydrogens is 362 g/mol. The van der Waals surface area contributed by atoms with E-state index in [1.807, 2.05) is 0 Å². The number of nitrogens with zero attached hydrogens (tertiary/aromatic N) is 3.